The fourth-order valence-electron chi connectivity index (χ4n) is 1.34. The predicted molar refractivity (Wildman–Crippen MR) is 61.6 cm³/mol. The number of hydrogen-bond acceptors (Lipinski definition) is 5. The van der Waals surface area contributed by atoms with Crippen LogP contribution in [0.15, 0.2) is 5.51 Å². The number of methoxy groups -OCH3 is 1. The normalized spacial score (nSPS) is 10.1. The number of rotatable bonds is 5. The van der Waals surface area contributed by atoms with Crippen molar-refractivity contribution in [1.82, 2.24) is 0 Å². The molecule has 1 rings (SSSR count). The summed E-state index contributed by atoms with van der Waals surface area (Å²) in [5, 5.41) is 0. The van der Waals surface area contributed by atoms with Gasteiger partial charge in [0.15, 0.2) is 5.69 Å². The maximum absolute atomic E-state index is 11.1. The smallest absolute Gasteiger partial charge is 0.372 e. The van der Waals surface area contributed by atoms with Gasteiger partial charge in [-0.1, -0.05) is 11.3 Å². The average Bonchev–Trinajstić information content (AvgIpc) is 2.61. The molecule has 6 heteroatoms. The lowest BCUT2D eigenvalue weighted by atomic mass is 10.3. The number of ether oxygens (including phenoxy) is 2. The van der Waals surface area contributed by atoms with Crippen molar-refractivity contribution >= 4 is 23.3 Å². The Labute approximate surface area is 104 Å². The zero-order valence-corrected chi connectivity index (χ0v) is 11.0. The quantitative estimate of drug-likeness (QED) is 0.574. The van der Waals surface area contributed by atoms with E-state index in [0.717, 1.165) is 10.6 Å². The Kier molecular flexibility index (Phi) is 5.09. The number of aromatic nitrogens is 1. The lowest BCUT2D eigenvalue weighted by Crippen LogP contribution is -2.39. The van der Waals surface area contributed by atoms with Gasteiger partial charge in [0, 0.05) is 20.3 Å². The predicted octanol–water partition coefficient (Wildman–Crippen LogP) is 0.623. The van der Waals surface area contributed by atoms with Gasteiger partial charge in [-0.25, -0.2) is 4.79 Å². The monoisotopic (exact) mass is 258 g/mol. The van der Waals surface area contributed by atoms with Crippen molar-refractivity contribution in [3.8, 4) is 0 Å². The first-order valence-corrected chi connectivity index (χ1v) is 6.09. The molecule has 0 saturated heterocycles. The third-order valence-electron chi connectivity index (χ3n) is 2.32. The second-order valence-electron chi connectivity index (χ2n) is 3.53. The van der Waals surface area contributed by atoms with E-state index in [1.54, 1.807) is 11.3 Å². The van der Waals surface area contributed by atoms with E-state index in [2.05, 4.69) is 4.74 Å². The lowest BCUT2D eigenvalue weighted by molar-refractivity contribution is -0.687. The molecule has 0 aliphatic rings. The fraction of sp³-hybridized carbons (Fsp3) is 0.545. The van der Waals surface area contributed by atoms with Crippen LogP contribution < -0.4 is 4.57 Å². The molecule has 1 heterocycles. The highest BCUT2D eigenvalue weighted by molar-refractivity contribution is 7.09. The summed E-state index contributed by atoms with van der Waals surface area (Å²) >= 11 is 1.54. The standard InChI is InChI=1S/C11H16NO4S/c1-8-10(4-5-16-9(2)13)17-7-12(8)6-11(14)15-3/h7H,4-6H2,1-3H3/q+1. The molecule has 0 radical (unpaired) electrons. The molecule has 0 spiro atoms. The van der Waals surface area contributed by atoms with Crippen molar-refractivity contribution in [2.75, 3.05) is 13.7 Å². The summed E-state index contributed by atoms with van der Waals surface area (Å²) in [6.07, 6.45) is 0.671. The molecular formula is C11H16NO4S+. The minimum absolute atomic E-state index is 0.215. The van der Waals surface area contributed by atoms with Gasteiger partial charge in [0.25, 0.3) is 0 Å². The van der Waals surface area contributed by atoms with Crippen molar-refractivity contribution in [3.63, 3.8) is 0 Å². The Hall–Kier alpha value is -1.43. The van der Waals surface area contributed by atoms with Gasteiger partial charge < -0.3 is 9.47 Å². The van der Waals surface area contributed by atoms with Crippen molar-refractivity contribution in [3.05, 3.63) is 16.1 Å². The molecule has 17 heavy (non-hydrogen) atoms. The molecule has 1 aromatic heterocycles. The lowest BCUT2D eigenvalue weighted by Gasteiger charge is -1.99. The minimum Gasteiger partial charge on any atom is -0.465 e. The molecule has 5 nitrogen and oxygen atoms in total. The Morgan fingerprint density at radius 2 is 2.18 bits per heavy atom. The van der Waals surface area contributed by atoms with Gasteiger partial charge >= 0.3 is 11.9 Å². The first kappa shape index (κ1) is 13.6. The SMILES string of the molecule is COC(=O)C[n+]1csc(CCOC(C)=O)c1C. The van der Waals surface area contributed by atoms with Crippen LogP contribution in [0.2, 0.25) is 0 Å². The van der Waals surface area contributed by atoms with Crippen LogP contribution in [-0.2, 0) is 32.0 Å². The van der Waals surface area contributed by atoms with Gasteiger partial charge in [-0.2, -0.15) is 4.57 Å². The Balaban J connectivity index is 2.57. The van der Waals surface area contributed by atoms with Crippen LogP contribution in [0.5, 0.6) is 0 Å². The van der Waals surface area contributed by atoms with E-state index in [-0.39, 0.29) is 18.5 Å². The van der Waals surface area contributed by atoms with E-state index in [1.165, 1.54) is 14.0 Å². The second kappa shape index (κ2) is 6.34. The number of carbonyl (C=O) groups excluding carboxylic acids is 2. The number of carbonyl (C=O) groups is 2. The van der Waals surface area contributed by atoms with E-state index in [4.69, 9.17) is 4.74 Å². The summed E-state index contributed by atoms with van der Waals surface area (Å²) in [4.78, 5) is 22.9. The highest BCUT2D eigenvalue weighted by Crippen LogP contribution is 2.11. The van der Waals surface area contributed by atoms with Crippen LogP contribution >= 0.6 is 11.3 Å². The largest absolute Gasteiger partial charge is 0.465 e. The summed E-state index contributed by atoms with van der Waals surface area (Å²) in [7, 11) is 1.37. The van der Waals surface area contributed by atoms with Gasteiger partial charge in [-0.15, -0.1) is 0 Å². The van der Waals surface area contributed by atoms with Gasteiger partial charge in [0.05, 0.1) is 18.6 Å². The van der Waals surface area contributed by atoms with Crippen molar-refractivity contribution in [2.45, 2.75) is 26.8 Å². The summed E-state index contributed by atoms with van der Waals surface area (Å²) in [6, 6.07) is 0. The topological polar surface area (TPSA) is 56.5 Å². The van der Waals surface area contributed by atoms with Gasteiger partial charge in [-0.05, 0) is 0 Å². The number of thiazole rings is 1. The molecule has 94 valence electrons. The van der Waals surface area contributed by atoms with Crippen molar-refractivity contribution in [2.24, 2.45) is 0 Å². The molecule has 0 atom stereocenters. The van der Waals surface area contributed by atoms with Crippen LogP contribution in [0, 0.1) is 6.92 Å². The summed E-state index contributed by atoms with van der Waals surface area (Å²) < 4.78 is 11.3. The molecule has 0 N–H and O–H groups in total. The van der Waals surface area contributed by atoms with E-state index in [9.17, 15) is 9.59 Å². The Bertz CT molecular complexity index is 414. The minimum atomic E-state index is -0.276. The van der Waals surface area contributed by atoms with Crippen molar-refractivity contribution < 1.29 is 23.6 Å². The summed E-state index contributed by atoms with van der Waals surface area (Å²) in [6.45, 7) is 3.91. The van der Waals surface area contributed by atoms with Gasteiger partial charge in [0.1, 0.15) is 0 Å². The first-order chi connectivity index (χ1) is 8.04. The van der Waals surface area contributed by atoms with Crippen LogP contribution in [0.3, 0.4) is 0 Å². The third-order valence-corrected chi connectivity index (χ3v) is 3.46. The number of nitrogens with zero attached hydrogens (tertiary/aromatic N) is 1. The highest BCUT2D eigenvalue weighted by atomic mass is 32.1. The van der Waals surface area contributed by atoms with Crippen LogP contribution in [0.25, 0.3) is 0 Å². The molecule has 0 saturated carbocycles. The first-order valence-electron chi connectivity index (χ1n) is 5.21. The molecule has 0 bridgehead atoms. The molecule has 1 aromatic rings. The number of hydrogen-bond donors (Lipinski definition) is 0. The highest BCUT2D eigenvalue weighted by Gasteiger charge is 2.18. The molecule has 0 aliphatic heterocycles. The molecule has 0 fully saturated rings. The molecule has 0 amide bonds. The van der Waals surface area contributed by atoms with Gasteiger partial charge in [-0.3, -0.25) is 4.79 Å². The van der Waals surface area contributed by atoms with Crippen molar-refractivity contribution in [1.29, 1.82) is 0 Å². The maximum Gasteiger partial charge on any atom is 0.372 e. The van der Waals surface area contributed by atoms with E-state index >= 15 is 0 Å². The van der Waals surface area contributed by atoms with Crippen LogP contribution in [0.4, 0.5) is 0 Å². The summed E-state index contributed by atoms with van der Waals surface area (Å²) in [5.74, 6) is -0.552. The van der Waals surface area contributed by atoms with E-state index in [0.29, 0.717) is 13.0 Å². The van der Waals surface area contributed by atoms with E-state index < -0.39 is 0 Å². The average molecular weight is 258 g/mol. The molecular weight excluding hydrogens is 242 g/mol. The Morgan fingerprint density at radius 1 is 1.47 bits per heavy atom. The zero-order chi connectivity index (χ0) is 12.8. The summed E-state index contributed by atoms with van der Waals surface area (Å²) in [5.41, 5.74) is 2.88. The van der Waals surface area contributed by atoms with E-state index in [1.807, 2.05) is 17.0 Å². The maximum atomic E-state index is 11.1. The molecule has 0 aliphatic carbocycles. The third kappa shape index (κ3) is 4.14. The number of esters is 2. The Morgan fingerprint density at radius 3 is 2.76 bits per heavy atom. The second-order valence-corrected chi connectivity index (χ2v) is 4.47. The molecule has 0 unspecified atom stereocenters. The fourth-order valence-corrected chi connectivity index (χ4v) is 2.31. The molecule has 0 aromatic carbocycles. The van der Waals surface area contributed by atoms with Crippen LogP contribution in [-0.4, -0.2) is 25.7 Å². The zero-order valence-electron chi connectivity index (χ0n) is 10.2. The van der Waals surface area contributed by atoms with Gasteiger partial charge in [0.2, 0.25) is 12.1 Å². The van der Waals surface area contributed by atoms with Crippen LogP contribution in [0.1, 0.15) is 17.5 Å².